The van der Waals surface area contributed by atoms with Gasteiger partial charge in [-0.2, -0.15) is 0 Å². The number of thiocarbonyl (C=S) groups is 1. The van der Waals surface area contributed by atoms with Crippen molar-refractivity contribution >= 4 is 23.1 Å². The molecule has 0 radical (unpaired) electrons. The van der Waals surface area contributed by atoms with Crippen LogP contribution in [-0.4, -0.2) is 17.4 Å². The molecule has 1 amide bonds. The van der Waals surface area contributed by atoms with Crippen LogP contribution in [0.3, 0.4) is 0 Å². The molecule has 15 heavy (non-hydrogen) atoms. The van der Waals surface area contributed by atoms with Gasteiger partial charge in [0.2, 0.25) is 5.91 Å². The minimum absolute atomic E-state index is 0.141. The Labute approximate surface area is 97.8 Å². The van der Waals surface area contributed by atoms with Crippen molar-refractivity contribution in [3.05, 3.63) is 0 Å². The molecule has 0 aliphatic carbocycles. The third kappa shape index (κ3) is 7.31. The molecular weight excluding hydrogens is 208 g/mol. The summed E-state index contributed by atoms with van der Waals surface area (Å²) in [5, 5.41) is 2.87. The van der Waals surface area contributed by atoms with E-state index in [1.165, 1.54) is 0 Å². The van der Waals surface area contributed by atoms with Crippen molar-refractivity contribution < 1.29 is 4.79 Å². The Balaban J connectivity index is 3.77. The maximum atomic E-state index is 11.7. The number of unbranched alkanes of at least 4 members (excludes halogenated alkanes) is 1. The fourth-order valence-corrected chi connectivity index (χ4v) is 1.53. The van der Waals surface area contributed by atoms with Gasteiger partial charge in [-0.25, -0.2) is 0 Å². The van der Waals surface area contributed by atoms with E-state index in [0.717, 1.165) is 25.7 Å². The Morgan fingerprint density at radius 2 is 2.13 bits per heavy atom. The van der Waals surface area contributed by atoms with Crippen LogP contribution < -0.4 is 11.1 Å². The van der Waals surface area contributed by atoms with Crippen LogP contribution in [0.15, 0.2) is 0 Å². The summed E-state index contributed by atoms with van der Waals surface area (Å²) in [7, 11) is 0. The largest absolute Gasteiger partial charge is 0.393 e. The van der Waals surface area contributed by atoms with E-state index in [2.05, 4.69) is 12.2 Å². The van der Waals surface area contributed by atoms with Crippen molar-refractivity contribution in [1.82, 2.24) is 5.32 Å². The third-order valence-corrected chi connectivity index (χ3v) is 2.64. The molecule has 0 bridgehead atoms. The Kier molecular flexibility index (Phi) is 8.28. The number of amides is 1. The molecule has 0 rings (SSSR count). The minimum atomic E-state index is 0.141. The van der Waals surface area contributed by atoms with Crippen LogP contribution in [0.4, 0.5) is 0 Å². The molecule has 3 N–H and O–H groups in total. The highest BCUT2D eigenvalue weighted by Gasteiger charge is 2.14. The molecule has 0 aliphatic heterocycles. The van der Waals surface area contributed by atoms with Gasteiger partial charge in [0.25, 0.3) is 0 Å². The summed E-state index contributed by atoms with van der Waals surface area (Å²) in [6, 6.07) is 0. The minimum Gasteiger partial charge on any atom is -0.393 e. The molecule has 0 aliphatic rings. The zero-order valence-corrected chi connectivity index (χ0v) is 10.5. The Morgan fingerprint density at radius 3 is 2.60 bits per heavy atom. The number of carbonyl (C=O) groups is 1. The van der Waals surface area contributed by atoms with E-state index in [9.17, 15) is 4.79 Å². The highest BCUT2D eigenvalue weighted by atomic mass is 32.1. The van der Waals surface area contributed by atoms with E-state index < -0.39 is 0 Å². The van der Waals surface area contributed by atoms with Gasteiger partial charge in [0.15, 0.2) is 0 Å². The number of rotatable bonds is 8. The number of carbonyl (C=O) groups excluding carboxylic acids is 1. The maximum absolute atomic E-state index is 11.7. The van der Waals surface area contributed by atoms with Crippen molar-refractivity contribution in [2.75, 3.05) is 6.54 Å². The second kappa shape index (κ2) is 8.65. The van der Waals surface area contributed by atoms with Crippen LogP contribution in [0.1, 0.15) is 46.0 Å². The monoisotopic (exact) mass is 230 g/mol. The van der Waals surface area contributed by atoms with Gasteiger partial charge in [-0.15, -0.1) is 0 Å². The van der Waals surface area contributed by atoms with Crippen molar-refractivity contribution in [3.8, 4) is 0 Å². The van der Waals surface area contributed by atoms with Gasteiger partial charge < -0.3 is 11.1 Å². The predicted octanol–water partition coefficient (Wildman–Crippen LogP) is 2.00. The second-order valence-electron chi connectivity index (χ2n) is 3.75. The standard InChI is InChI=1S/C11H22N2OS/c1-3-5-6-9(4-2)11(14)13-8-7-10(12)15/h9H,3-8H2,1-2H3,(H2,12,15)(H,13,14). The fraction of sp³-hybridized carbons (Fsp3) is 0.818. The van der Waals surface area contributed by atoms with Gasteiger partial charge in [0, 0.05) is 18.9 Å². The van der Waals surface area contributed by atoms with E-state index in [1.807, 2.05) is 6.92 Å². The second-order valence-corrected chi connectivity index (χ2v) is 4.28. The molecule has 0 heterocycles. The lowest BCUT2D eigenvalue weighted by Gasteiger charge is -2.14. The molecule has 0 fully saturated rings. The smallest absolute Gasteiger partial charge is 0.223 e. The quantitative estimate of drug-likeness (QED) is 0.627. The van der Waals surface area contributed by atoms with Gasteiger partial charge in [-0.1, -0.05) is 38.9 Å². The first kappa shape index (κ1) is 14.4. The van der Waals surface area contributed by atoms with E-state index in [0.29, 0.717) is 18.0 Å². The summed E-state index contributed by atoms with van der Waals surface area (Å²) >= 11 is 4.74. The molecule has 88 valence electrons. The molecular formula is C11H22N2OS. The number of hydrogen-bond acceptors (Lipinski definition) is 2. The van der Waals surface area contributed by atoms with E-state index in [-0.39, 0.29) is 11.8 Å². The lowest BCUT2D eigenvalue weighted by Crippen LogP contribution is -2.32. The van der Waals surface area contributed by atoms with Gasteiger partial charge in [-0.3, -0.25) is 4.79 Å². The summed E-state index contributed by atoms with van der Waals surface area (Å²) in [6.07, 6.45) is 4.72. The van der Waals surface area contributed by atoms with Crippen LogP contribution in [0.2, 0.25) is 0 Å². The molecule has 4 heteroatoms. The number of nitrogens with two attached hydrogens (primary N) is 1. The molecule has 1 unspecified atom stereocenters. The highest BCUT2D eigenvalue weighted by molar-refractivity contribution is 7.80. The zero-order chi connectivity index (χ0) is 11.7. The molecule has 0 aromatic heterocycles. The summed E-state index contributed by atoms with van der Waals surface area (Å²) in [5.74, 6) is 0.290. The SMILES string of the molecule is CCCCC(CC)C(=O)NCCC(N)=S. The van der Waals surface area contributed by atoms with E-state index in [4.69, 9.17) is 18.0 Å². The Morgan fingerprint density at radius 1 is 1.47 bits per heavy atom. The molecule has 0 spiro atoms. The Hall–Kier alpha value is -0.640. The first-order chi connectivity index (χ1) is 7.11. The van der Waals surface area contributed by atoms with Crippen LogP contribution in [0.5, 0.6) is 0 Å². The summed E-state index contributed by atoms with van der Waals surface area (Å²) in [5.41, 5.74) is 5.35. The van der Waals surface area contributed by atoms with Gasteiger partial charge in [-0.05, 0) is 12.8 Å². The van der Waals surface area contributed by atoms with Crippen LogP contribution in [-0.2, 0) is 4.79 Å². The number of nitrogens with one attached hydrogen (secondary N) is 1. The van der Waals surface area contributed by atoms with Gasteiger partial charge >= 0.3 is 0 Å². The molecule has 3 nitrogen and oxygen atoms in total. The van der Waals surface area contributed by atoms with Crippen LogP contribution in [0.25, 0.3) is 0 Å². The number of hydrogen-bond donors (Lipinski definition) is 2. The fourth-order valence-electron chi connectivity index (χ4n) is 1.42. The molecule has 1 atom stereocenters. The summed E-state index contributed by atoms with van der Waals surface area (Å²) in [6.45, 7) is 4.75. The zero-order valence-electron chi connectivity index (χ0n) is 9.71. The van der Waals surface area contributed by atoms with Crippen molar-refractivity contribution in [2.24, 2.45) is 11.7 Å². The average Bonchev–Trinajstić information content (AvgIpc) is 2.18. The van der Waals surface area contributed by atoms with Crippen molar-refractivity contribution in [3.63, 3.8) is 0 Å². The topological polar surface area (TPSA) is 55.1 Å². The molecule has 0 aromatic carbocycles. The Bertz CT molecular complexity index is 207. The first-order valence-corrected chi connectivity index (χ1v) is 6.08. The first-order valence-electron chi connectivity index (χ1n) is 5.67. The van der Waals surface area contributed by atoms with Crippen LogP contribution in [0, 0.1) is 5.92 Å². The van der Waals surface area contributed by atoms with E-state index in [1.54, 1.807) is 0 Å². The lowest BCUT2D eigenvalue weighted by atomic mass is 9.98. The average molecular weight is 230 g/mol. The maximum Gasteiger partial charge on any atom is 0.223 e. The van der Waals surface area contributed by atoms with Crippen molar-refractivity contribution in [2.45, 2.75) is 46.0 Å². The molecule has 0 saturated carbocycles. The van der Waals surface area contributed by atoms with Gasteiger partial charge in [0.05, 0.1) is 4.99 Å². The molecule has 0 aromatic rings. The summed E-state index contributed by atoms with van der Waals surface area (Å²) < 4.78 is 0. The van der Waals surface area contributed by atoms with Crippen LogP contribution >= 0.6 is 12.2 Å². The molecule has 0 saturated heterocycles. The van der Waals surface area contributed by atoms with E-state index >= 15 is 0 Å². The van der Waals surface area contributed by atoms with Crippen molar-refractivity contribution in [1.29, 1.82) is 0 Å². The lowest BCUT2D eigenvalue weighted by molar-refractivity contribution is -0.125. The third-order valence-electron chi connectivity index (χ3n) is 2.44. The van der Waals surface area contributed by atoms with Gasteiger partial charge in [0.1, 0.15) is 0 Å². The summed E-state index contributed by atoms with van der Waals surface area (Å²) in [4.78, 5) is 12.1. The predicted molar refractivity (Wildman–Crippen MR) is 67.7 cm³/mol. The highest BCUT2D eigenvalue weighted by Crippen LogP contribution is 2.12. The normalized spacial score (nSPS) is 12.1.